The molecule has 0 aliphatic heterocycles. The van der Waals surface area contributed by atoms with E-state index in [4.69, 9.17) is 5.73 Å². The summed E-state index contributed by atoms with van der Waals surface area (Å²) in [7, 11) is -3.07. The Kier molecular flexibility index (Phi) is 6.27. The van der Waals surface area contributed by atoms with Gasteiger partial charge in [0.1, 0.15) is 16.4 Å². The van der Waals surface area contributed by atoms with Crippen molar-refractivity contribution in [3.05, 3.63) is 0 Å². The summed E-state index contributed by atoms with van der Waals surface area (Å²) in [5.41, 5.74) is 5.95. The number of alkyl halides is 3. The van der Waals surface area contributed by atoms with E-state index in [2.05, 4.69) is 4.74 Å². The van der Waals surface area contributed by atoms with E-state index in [9.17, 15) is 21.6 Å². The minimum absolute atomic E-state index is 0.0398. The Balaban J connectivity index is 2.34. The third-order valence-corrected chi connectivity index (χ3v) is 5.38. The van der Waals surface area contributed by atoms with Crippen LogP contribution in [0.4, 0.5) is 13.2 Å². The first kappa shape index (κ1) is 17.7. The van der Waals surface area contributed by atoms with Crippen molar-refractivity contribution in [3.63, 3.8) is 0 Å². The second-order valence-electron chi connectivity index (χ2n) is 5.50. The quantitative estimate of drug-likeness (QED) is 0.760. The lowest BCUT2D eigenvalue weighted by Crippen LogP contribution is -2.38. The van der Waals surface area contributed by atoms with Crippen molar-refractivity contribution in [1.82, 2.24) is 0 Å². The molecule has 0 aromatic carbocycles. The van der Waals surface area contributed by atoms with Crippen molar-refractivity contribution in [1.29, 1.82) is 0 Å². The van der Waals surface area contributed by atoms with Crippen LogP contribution in [0.2, 0.25) is 0 Å². The Hall–Kier alpha value is -0.340. The molecule has 0 radical (unpaired) electrons. The van der Waals surface area contributed by atoms with Crippen LogP contribution >= 0.6 is 0 Å². The van der Waals surface area contributed by atoms with Crippen LogP contribution in [-0.4, -0.2) is 45.4 Å². The third kappa shape index (κ3) is 6.41. The predicted octanol–water partition coefficient (Wildman–Crippen LogP) is 1.89. The van der Waals surface area contributed by atoms with Crippen LogP contribution in [0.3, 0.4) is 0 Å². The summed E-state index contributed by atoms with van der Waals surface area (Å²) in [5.74, 6) is 0.0398. The summed E-state index contributed by atoms with van der Waals surface area (Å²) >= 11 is 0. The van der Waals surface area contributed by atoms with E-state index in [1.54, 1.807) is 0 Å². The van der Waals surface area contributed by atoms with Gasteiger partial charge in [-0.1, -0.05) is 6.42 Å². The first-order chi connectivity index (χ1) is 9.09. The van der Waals surface area contributed by atoms with Gasteiger partial charge in [-0.3, -0.25) is 0 Å². The Morgan fingerprint density at radius 1 is 1.35 bits per heavy atom. The summed E-state index contributed by atoms with van der Waals surface area (Å²) < 4.78 is 63.3. The molecule has 1 aliphatic rings. The van der Waals surface area contributed by atoms with Gasteiger partial charge in [-0.15, -0.1) is 0 Å². The zero-order valence-electron chi connectivity index (χ0n) is 11.5. The number of hydrogen-bond acceptors (Lipinski definition) is 4. The molecule has 1 saturated carbocycles. The highest BCUT2D eigenvalue weighted by atomic mass is 32.2. The fourth-order valence-corrected chi connectivity index (χ4v) is 3.79. The smallest absolute Gasteiger partial charge is 0.372 e. The number of halogens is 3. The van der Waals surface area contributed by atoms with E-state index in [0.29, 0.717) is 19.3 Å². The molecule has 0 amide bonds. The number of nitrogens with two attached hydrogens (primary N) is 1. The highest BCUT2D eigenvalue weighted by Gasteiger charge is 2.32. The SMILES string of the molecule is CS(=O)(=O)C1CCCC(C(N)CCOCC(F)(F)F)C1. The van der Waals surface area contributed by atoms with Gasteiger partial charge in [0, 0.05) is 18.9 Å². The first-order valence-electron chi connectivity index (χ1n) is 6.68. The molecular weight excluding hydrogens is 295 g/mol. The minimum atomic E-state index is -4.32. The lowest BCUT2D eigenvalue weighted by molar-refractivity contribution is -0.174. The maximum atomic E-state index is 11.9. The first-order valence-corrected chi connectivity index (χ1v) is 8.64. The topological polar surface area (TPSA) is 69.4 Å². The van der Waals surface area contributed by atoms with Crippen molar-refractivity contribution >= 4 is 9.84 Å². The molecule has 0 aromatic heterocycles. The predicted molar refractivity (Wildman–Crippen MR) is 70.1 cm³/mol. The molecule has 0 aromatic rings. The van der Waals surface area contributed by atoms with Crippen LogP contribution in [0.5, 0.6) is 0 Å². The highest BCUT2D eigenvalue weighted by molar-refractivity contribution is 7.91. The van der Waals surface area contributed by atoms with E-state index in [1.807, 2.05) is 0 Å². The molecule has 3 atom stereocenters. The molecule has 8 heteroatoms. The van der Waals surface area contributed by atoms with Gasteiger partial charge in [0.15, 0.2) is 0 Å². The monoisotopic (exact) mass is 317 g/mol. The van der Waals surface area contributed by atoms with Crippen molar-refractivity contribution in [2.45, 2.75) is 49.6 Å². The van der Waals surface area contributed by atoms with Crippen LogP contribution in [0.1, 0.15) is 32.1 Å². The average molecular weight is 317 g/mol. The van der Waals surface area contributed by atoms with Gasteiger partial charge in [0.2, 0.25) is 0 Å². The molecule has 3 unspecified atom stereocenters. The van der Waals surface area contributed by atoms with E-state index >= 15 is 0 Å². The second-order valence-corrected chi connectivity index (χ2v) is 7.82. The molecule has 0 bridgehead atoms. The lowest BCUT2D eigenvalue weighted by Gasteiger charge is -2.32. The van der Waals surface area contributed by atoms with Crippen molar-refractivity contribution in [2.24, 2.45) is 11.7 Å². The molecule has 120 valence electrons. The molecule has 4 nitrogen and oxygen atoms in total. The Morgan fingerprint density at radius 2 is 2.00 bits per heavy atom. The number of hydrogen-bond donors (Lipinski definition) is 1. The molecule has 0 saturated heterocycles. The maximum Gasteiger partial charge on any atom is 0.411 e. The number of rotatable bonds is 6. The van der Waals surface area contributed by atoms with Gasteiger partial charge >= 0.3 is 6.18 Å². The van der Waals surface area contributed by atoms with Crippen LogP contribution < -0.4 is 5.73 Å². The molecule has 2 N–H and O–H groups in total. The molecular formula is C12H22F3NO3S. The van der Waals surface area contributed by atoms with E-state index < -0.39 is 22.6 Å². The van der Waals surface area contributed by atoms with E-state index in [1.165, 1.54) is 6.26 Å². The van der Waals surface area contributed by atoms with Gasteiger partial charge in [0.25, 0.3) is 0 Å². The van der Waals surface area contributed by atoms with Crippen LogP contribution in [-0.2, 0) is 14.6 Å². The molecule has 1 fully saturated rings. The lowest BCUT2D eigenvalue weighted by atomic mass is 9.83. The Morgan fingerprint density at radius 3 is 2.55 bits per heavy atom. The second kappa shape index (κ2) is 7.09. The standard InChI is InChI=1S/C12H22F3NO3S/c1-20(17,18)10-4-2-3-9(7-10)11(16)5-6-19-8-12(13,14)15/h9-11H,2-8,16H2,1H3. The van der Waals surface area contributed by atoms with Crippen molar-refractivity contribution < 1.29 is 26.3 Å². The number of ether oxygens (including phenoxy) is 1. The van der Waals surface area contributed by atoms with Gasteiger partial charge in [-0.2, -0.15) is 13.2 Å². The van der Waals surface area contributed by atoms with Gasteiger partial charge < -0.3 is 10.5 Å². The third-order valence-electron chi connectivity index (χ3n) is 3.74. The summed E-state index contributed by atoms with van der Waals surface area (Å²) in [6.45, 7) is -1.32. The fraction of sp³-hybridized carbons (Fsp3) is 1.00. The summed E-state index contributed by atoms with van der Waals surface area (Å²) in [6, 6.07) is -0.312. The van der Waals surface area contributed by atoms with Gasteiger partial charge in [-0.05, 0) is 31.6 Å². The average Bonchev–Trinajstić information content (AvgIpc) is 2.32. The zero-order chi connectivity index (χ0) is 15.4. The normalized spacial score (nSPS) is 26.4. The van der Waals surface area contributed by atoms with Gasteiger partial charge in [0.05, 0.1) is 5.25 Å². The van der Waals surface area contributed by atoms with E-state index in [0.717, 1.165) is 12.8 Å². The van der Waals surface area contributed by atoms with Crippen molar-refractivity contribution in [2.75, 3.05) is 19.5 Å². The van der Waals surface area contributed by atoms with Crippen LogP contribution in [0, 0.1) is 5.92 Å². The van der Waals surface area contributed by atoms with Crippen LogP contribution in [0.15, 0.2) is 0 Å². The Labute approximate surface area is 117 Å². The number of sulfone groups is 1. The maximum absolute atomic E-state index is 11.9. The summed E-state index contributed by atoms with van der Waals surface area (Å²) in [6.07, 6.45) is -0.0244. The minimum Gasteiger partial charge on any atom is -0.372 e. The molecule has 0 spiro atoms. The fourth-order valence-electron chi connectivity index (χ4n) is 2.60. The summed E-state index contributed by atoms with van der Waals surface area (Å²) in [4.78, 5) is 0. The molecule has 1 aliphatic carbocycles. The molecule has 0 heterocycles. The molecule has 1 rings (SSSR count). The van der Waals surface area contributed by atoms with Gasteiger partial charge in [-0.25, -0.2) is 8.42 Å². The summed E-state index contributed by atoms with van der Waals surface area (Å²) in [5, 5.41) is -0.372. The molecule has 20 heavy (non-hydrogen) atoms. The largest absolute Gasteiger partial charge is 0.411 e. The van der Waals surface area contributed by atoms with E-state index in [-0.39, 0.29) is 23.8 Å². The van der Waals surface area contributed by atoms with Crippen molar-refractivity contribution in [3.8, 4) is 0 Å². The Bertz CT molecular complexity index is 397. The van der Waals surface area contributed by atoms with Crippen LogP contribution in [0.25, 0.3) is 0 Å². The highest BCUT2D eigenvalue weighted by Crippen LogP contribution is 2.31. The zero-order valence-corrected chi connectivity index (χ0v) is 12.3.